The van der Waals surface area contributed by atoms with E-state index in [1.54, 1.807) is 12.1 Å². The van der Waals surface area contributed by atoms with Gasteiger partial charge in [-0.1, -0.05) is 19.9 Å². The van der Waals surface area contributed by atoms with Gasteiger partial charge >= 0.3 is 0 Å². The Kier molecular flexibility index (Phi) is 2.79. The maximum absolute atomic E-state index is 9.70. The Balaban J connectivity index is 1.97. The monoisotopic (exact) mass is 261 g/mol. The van der Waals surface area contributed by atoms with Gasteiger partial charge in [-0.15, -0.1) is 0 Å². The molecule has 0 saturated carbocycles. The number of phenols is 1. The van der Waals surface area contributed by atoms with E-state index in [4.69, 9.17) is 4.74 Å². The van der Waals surface area contributed by atoms with Gasteiger partial charge in [0, 0.05) is 24.7 Å². The number of rotatable bonds is 0. The molecule has 0 atom stereocenters. The molecule has 2 aliphatic rings. The first kappa shape index (κ1) is 12.8. The number of aromatic hydroxyl groups is 1. The first-order chi connectivity index (χ1) is 8.90. The van der Waals surface area contributed by atoms with Gasteiger partial charge in [-0.2, -0.15) is 0 Å². The van der Waals surface area contributed by atoms with Gasteiger partial charge < -0.3 is 14.7 Å². The number of fused-ring (bicyclic) bond motifs is 1. The Labute approximate surface area is 115 Å². The maximum atomic E-state index is 9.70. The van der Waals surface area contributed by atoms with E-state index < -0.39 is 0 Å². The molecule has 1 aromatic rings. The fraction of sp³-hybridized carbons (Fsp3) is 0.625. The number of benzene rings is 1. The van der Waals surface area contributed by atoms with E-state index in [2.05, 4.69) is 25.8 Å². The first-order valence-corrected chi connectivity index (χ1v) is 7.11. The van der Waals surface area contributed by atoms with Crippen LogP contribution in [0.5, 0.6) is 11.5 Å². The van der Waals surface area contributed by atoms with E-state index in [1.807, 2.05) is 6.07 Å². The lowest BCUT2D eigenvalue weighted by Crippen LogP contribution is -2.52. The Morgan fingerprint density at radius 1 is 1.21 bits per heavy atom. The largest absolute Gasteiger partial charge is 0.508 e. The lowest BCUT2D eigenvalue weighted by molar-refractivity contribution is -0.0289. The number of phenolic OH excluding ortho intramolecular Hbond substituents is 1. The van der Waals surface area contributed by atoms with Crippen molar-refractivity contribution in [1.82, 2.24) is 4.90 Å². The molecule has 3 heteroatoms. The van der Waals surface area contributed by atoms with E-state index >= 15 is 0 Å². The molecule has 19 heavy (non-hydrogen) atoms. The highest BCUT2D eigenvalue weighted by Crippen LogP contribution is 2.48. The summed E-state index contributed by atoms with van der Waals surface area (Å²) in [4.78, 5) is 2.36. The number of piperidine rings is 1. The molecule has 0 amide bonds. The summed E-state index contributed by atoms with van der Waals surface area (Å²) in [5.41, 5.74) is 1.28. The third-order valence-corrected chi connectivity index (χ3v) is 4.68. The molecule has 2 heterocycles. The Morgan fingerprint density at radius 2 is 1.89 bits per heavy atom. The summed E-state index contributed by atoms with van der Waals surface area (Å²) < 4.78 is 6.34. The first-order valence-electron chi connectivity index (χ1n) is 7.11. The number of hydrogen-bond acceptors (Lipinski definition) is 3. The summed E-state index contributed by atoms with van der Waals surface area (Å²) in [6.45, 7) is 6.74. The predicted octanol–water partition coefficient (Wildman–Crippen LogP) is 2.92. The van der Waals surface area contributed by atoms with Crippen molar-refractivity contribution >= 4 is 0 Å². The van der Waals surface area contributed by atoms with Crippen LogP contribution in [0.3, 0.4) is 0 Å². The molecular weight excluding hydrogens is 238 g/mol. The zero-order chi connectivity index (χ0) is 13.7. The SMILES string of the molecule is CN1CCC2(CC1)CC(C)(C)c1ccc(O)cc1O2. The van der Waals surface area contributed by atoms with Crippen molar-refractivity contribution in [2.45, 2.75) is 44.1 Å². The van der Waals surface area contributed by atoms with E-state index in [9.17, 15) is 5.11 Å². The Hall–Kier alpha value is -1.22. The fourth-order valence-corrected chi connectivity index (χ4v) is 3.63. The summed E-state index contributed by atoms with van der Waals surface area (Å²) in [5, 5.41) is 9.70. The molecule has 2 aliphatic heterocycles. The average molecular weight is 261 g/mol. The predicted molar refractivity (Wildman–Crippen MR) is 75.8 cm³/mol. The van der Waals surface area contributed by atoms with Gasteiger partial charge in [-0.25, -0.2) is 0 Å². The number of hydrogen-bond donors (Lipinski definition) is 1. The smallest absolute Gasteiger partial charge is 0.127 e. The molecule has 1 aromatic carbocycles. The summed E-state index contributed by atoms with van der Waals surface area (Å²) in [6, 6.07) is 5.54. The van der Waals surface area contributed by atoms with Gasteiger partial charge in [0.25, 0.3) is 0 Å². The highest BCUT2D eigenvalue weighted by atomic mass is 16.5. The van der Waals surface area contributed by atoms with Crippen LogP contribution in [0.2, 0.25) is 0 Å². The summed E-state index contributed by atoms with van der Waals surface area (Å²) >= 11 is 0. The van der Waals surface area contributed by atoms with Crippen LogP contribution >= 0.6 is 0 Å². The van der Waals surface area contributed by atoms with Crippen LogP contribution in [-0.2, 0) is 5.41 Å². The van der Waals surface area contributed by atoms with Crippen molar-refractivity contribution < 1.29 is 9.84 Å². The second-order valence-corrected chi connectivity index (χ2v) is 6.83. The topological polar surface area (TPSA) is 32.7 Å². The minimum Gasteiger partial charge on any atom is -0.508 e. The Bertz CT molecular complexity index is 488. The van der Waals surface area contributed by atoms with Crippen LogP contribution in [0.1, 0.15) is 38.7 Å². The Morgan fingerprint density at radius 3 is 2.58 bits per heavy atom. The number of likely N-dealkylation sites (tertiary alicyclic amines) is 1. The molecule has 0 aromatic heterocycles. The van der Waals surface area contributed by atoms with E-state index in [1.165, 1.54) is 5.56 Å². The van der Waals surface area contributed by atoms with Gasteiger partial charge in [0.2, 0.25) is 0 Å². The molecular formula is C16H23NO2. The van der Waals surface area contributed by atoms with Crippen molar-refractivity contribution in [2.75, 3.05) is 20.1 Å². The van der Waals surface area contributed by atoms with Crippen LogP contribution in [0.25, 0.3) is 0 Å². The van der Waals surface area contributed by atoms with Crippen molar-refractivity contribution in [3.8, 4) is 11.5 Å². The fourth-order valence-electron chi connectivity index (χ4n) is 3.63. The van der Waals surface area contributed by atoms with Crippen LogP contribution in [0, 0.1) is 0 Å². The highest BCUT2D eigenvalue weighted by Gasteiger charge is 2.46. The molecule has 1 saturated heterocycles. The van der Waals surface area contributed by atoms with E-state index in [0.717, 1.165) is 38.1 Å². The quantitative estimate of drug-likeness (QED) is 0.779. The van der Waals surface area contributed by atoms with Crippen molar-refractivity contribution in [1.29, 1.82) is 0 Å². The lowest BCUT2D eigenvalue weighted by Gasteiger charge is -2.49. The molecule has 0 unspecified atom stereocenters. The van der Waals surface area contributed by atoms with Gasteiger partial charge in [0.15, 0.2) is 0 Å². The molecule has 0 bridgehead atoms. The molecule has 1 spiro atoms. The lowest BCUT2D eigenvalue weighted by atomic mass is 9.69. The second kappa shape index (κ2) is 4.14. The van der Waals surface area contributed by atoms with Crippen LogP contribution in [0.4, 0.5) is 0 Å². The van der Waals surface area contributed by atoms with Gasteiger partial charge in [-0.3, -0.25) is 0 Å². The van der Waals surface area contributed by atoms with Crippen molar-refractivity contribution in [3.63, 3.8) is 0 Å². The van der Waals surface area contributed by atoms with E-state index in [0.29, 0.717) is 5.75 Å². The molecule has 3 rings (SSSR count). The molecule has 1 fully saturated rings. The second-order valence-electron chi connectivity index (χ2n) is 6.83. The maximum Gasteiger partial charge on any atom is 0.127 e. The number of nitrogens with zero attached hydrogens (tertiary/aromatic N) is 1. The average Bonchev–Trinajstić information content (AvgIpc) is 2.32. The molecule has 0 aliphatic carbocycles. The zero-order valence-electron chi connectivity index (χ0n) is 12.1. The summed E-state index contributed by atoms with van der Waals surface area (Å²) in [6.07, 6.45) is 3.20. The number of ether oxygens (including phenoxy) is 1. The minimum absolute atomic E-state index is 0.0448. The highest BCUT2D eigenvalue weighted by molar-refractivity contribution is 5.46. The third kappa shape index (κ3) is 2.20. The standard InChI is InChI=1S/C16H23NO2/c1-15(2)11-16(6-8-17(3)9-7-16)19-14-10-12(18)4-5-13(14)15/h4-5,10,18H,6-9,11H2,1-3H3. The van der Waals surface area contributed by atoms with Crippen LogP contribution in [-0.4, -0.2) is 35.7 Å². The summed E-state index contributed by atoms with van der Waals surface area (Å²) in [5.74, 6) is 1.17. The van der Waals surface area contributed by atoms with Crippen molar-refractivity contribution in [3.05, 3.63) is 23.8 Å². The van der Waals surface area contributed by atoms with E-state index in [-0.39, 0.29) is 11.0 Å². The van der Waals surface area contributed by atoms with Gasteiger partial charge in [0.1, 0.15) is 17.1 Å². The van der Waals surface area contributed by atoms with Gasteiger partial charge in [0.05, 0.1) is 0 Å². The third-order valence-electron chi connectivity index (χ3n) is 4.68. The zero-order valence-corrected chi connectivity index (χ0v) is 12.1. The summed E-state index contributed by atoms with van der Waals surface area (Å²) in [7, 11) is 2.17. The molecule has 1 N–H and O–H groups in total. The van der Waals surface area contributed by atoms with Crippen molar-refractivity contribution in [2.24, 2.45) is 0 Å². The molecule has 104 valence electrons. The normalized spacial score (nSPS) is 24.8. The molecule has 3 nitrogen and oxygen atoms in total. The van der Waals surface area contributed by atoms with Crippen LogP contribution < -0.4 is 4.74 Å². The van der Waals surface area contributed by atoms with Gasteiger partial charge in [-0.05, 0) is 37.8 Å². The van der Waals surface area contributed by atoms with Crippen LogP contribution in [0.15, 0.2) is 18.2 Å². The minimum atomic E-state index is -0.0448. The molecule has 0 radical (unpaired) electrons.